The van der Waals surface area contributed by atoms with Crippen LogP contribution in [-0.4, -0.2) is 17.3 Å². The predicted molar refractivity (Wildman–Crippen MR) is 63.9 cm³/mol. The fourth-order valence-electron chi connectivity index (χ4n) is 1.27. The molecule has 0 spiro atoms. The van der Waals surface area contributed by atoms with Crippen molar-refractivity contribution in [3.8, 4) is 0 Å². The van der Waals surface area contributed by atoms with E-state index in [9.17, 15) is 4.21 Å². The molecule has 84 valence electrons. The lowest BCUT2D eigenvalue weighted by atomic mass is 10.3. The van der Waals surface area contributed by atoms with Gasteiger partial charge in [0, 0.05) is 18.8 Å². The second kappa shape index (κ2) is 5.14. The number of rotatable bonds is 4. The second-order valence-electron chi connectivity index (χ2n) is 3.04. The largest absolute Gasteiger partial charge is 0.399 e. The Kier molecular flexibility index (Phi) is 4.11. The van der Waals surface area contributed by atoms with Crippen LogP contribution < -0.4 is 10.5 Å². The molecule has 1 unspecified atom stereocenters. The molecule has 0 fully saturated rings. The summed E-state index contributed by atoms with van der Waals surface area (Å²) in [7, 11) is -2.50. The molecule has 0 saturated heterocycles. The van der Waals surface area contributed by atoms with Crippen molar-refractivity contribution in [2.45, 2.75) is 18.7 Å². The lowest BCUT2D eigenvalue weighted by Gasteiger charge is -2.10. The maximum absolute atomic E-state index is 12.4. The quantitative estimate of drug-likeness (QED) is 0.768. The zero-order valence-corrected chi connectivity index (χ0v) is 9.88. The van der Waals surface area contributed by atoms with Crippen LogP contribution in [0.2, 0.25) is 0 Å². The number of benzene rings is 1. The van der Waals surface area contributed by atoms with E-state index in [4.69, 9.17) is 5.73 Å². The molecule has 0 bridgehead atoms. The molecule has 1 rings (SSSR count). The molecule has 3 N–H and O–H groups in total. The lowest BCUT2D eigenvalue weighted by molar-refractivity contribution is 0.664. The first-order valence-electron chi connectivity index (χ1n) is 4.95. The monoisotopic (exact) mass is 227 g/mol. The van der Waals surface area contributed by atoms with Gasteiger partial charge in [0.15, 0.2) is 0 Å². The van der Waals surface area contributed by atoms with E-state index in [-0.39, 0.29) is 0 Å². The molecule has 1 aromatic carbocycles. The van der Waals surface area contributed by atoms with E-state index >= 15 is 0 Å². The highest BCUT2D eigenvalue weighted by Crippen LogP contribution is 2.14. The van der Waals surface area contributed by atoms with E-state index in [0.717, 1.165) is 0 Å². The van der Waals surface area contributed by atoms with Crippen molar-refractivity contribution in [1.82, 2.24) is 4.72 Å². The molecule has 4 nitrogen and oxygen atoms in total. The van der Waals surface area contributed by atoms with Crippen LogP contribution in [0.15, 0.2) is 33.5 Å². The minimum atomic E-state index is -2.50. The van der Waals surface area contributed by atoms with Gasteiger partial charge in [0.25, 0.3) is 0 Å². The van der Waals surface area contributed by atoms with Crippen molar-refractivity contribution < 1.29 is 4.21 Å². The third-order valence-corrected chi connectivity index (χ3v) is 4.02. The Morgan fingerprint density at radius 2 is 2.20 bits per heavy atom. The fraction of sp³-hybridized carbons (Fsp3) is 0.400. The van der Waals surface area contributed by atoms with Gasteiger partial charge in [-0.2, -0.15) is 0 Å². The Morgan fingerprint density at radius 1 is 1.47 bits per heavy atom. The maximum Gasteiger partial charge on any atom is 0.137 e. The van der Waals surface area contributed by atoms with E-state index < -0.39 is 9.92 Å². The Labute approximate surface area is 91.2 Å². The number of nitrogens with zero attached hydrogens (tertiary/aromatic N) is 1. The number of nitrogens with one attached hydrogen (secondary N) is 1. The van der Waals surface area contributed by atoms with Gasteiger partial charge in [-0.15, -0.1) is 0 Å². The molecule has 5 heteroatoms. The summed E-state index contributed by atoms with van der Waals surface area (Å²) < 4.78 is 19.4. The van der Waals surface area contributed by atoms with Crippen LogP contribution in [0.3, 0.4) is 0 Å². The molecular formula is C10H17N3OS. The first-order valence-corrected chi connectivity index (χ1v) is 6.47. The molecule has 0 saturated carbocycles. The summed E-state index contributed by atoms with van der Waals surface area (Å²) in [6.07, 6.45) is 0. The lowest BCUT2D eigenvalue weighted by Crippen LogP contribution is -2.23. The zero-order chi connectivity index (χ0) is 11.3. The highest BCUT2D eigenvalue weighted by Gasteiger charge is 2.10. The number of nitrogen functional groups attached to an aromatic ring is 1. The van der Waals surface area contributed by atoms with Gasteiger partial charge in [0.2, 0.25) is 0 Å². The Bertz CT molecular complexity index is 436. The van der Waals surface area contributed by atoms with Gasteiger partial charge in [-0.05, 0) is 25.1 Å². The van der Waals surface area contributed by atoms with Crippen LogP contribution in [-0.2, 0) is 9.92 Å². The fourth-order valence-corrected chi connectivity index (χ4v) is 2.99. The van der Waals surface area contributed by atoms with Crippen molar-refractivity contribution in [2.75, 3.05) is 18.8 Å². The summed E-state index contributed by atoms with van der Waals surface area (Å²) in [4.78, 5) is 0.645. The number of hydrogen-bond acceptors (Lipinski definition) is 3. The molecule has 1 atom stereocenters. The Morgan fingerprint density at radius 3 is 2.73 bits per heavy atom. The van der Waals surface area contributed by atoms with Crippen molar-refractivity contribution >= 4 is 15.6 Å². The van der Waals surface area contributed by atoms with Crippen molar-refractivity contribution in [2.24, 2.45) is 4.36 Å². The van der Waals surface area contributed by atoms with Crippen LogP contribution in [0.1, 0.15) is 13.8 Å². The number of anilines is 1. The Hall–Kier alpha value is -1.07. The van der Waals surface area contributed by atoms with E-state index in [0.29, 0.717) is 23.7 Å². The third kappa shape index (κ3) is 2.94. The van der Waals surface area contributed by atoms with Gasteiger partial charge in [0.1, 0.15) is 9.92 Å². The summed E-state index contributed by atoms with van der Waals surface area (Å²) in [6, 6.07) is 7.03. The Balaban J connectivity index is 3.22. The first-order chi connectivity index (χ1) is 7.12. The molecular weight excluding hydrogens is 210 g/mol. The normalized spacial score (nSPS) is 14.5. The van der Waals surface area contributed by atoms with E-state index in [1.165, 1.54) is 0 Å². The predicted octanol–water partition coefficient (Wildman–Crippen LogP) is 1.64. The first kappa shape index (κ1) is 12.0. The molecule has 0 aliphatic carbocycles. The maximum atomic E-state index is 12.4. The summed E-state index contributed by atoms with van der Waals surface area (Å²) in [5.74, 6) is 0. The van der Waals surface area contributed by atoms with Crippen LogP contribution in [0, 0.1) is 0 Å². The standard InChI is InChI=1S/C10H17N3OS/c1-3-12-15(14,13-4-2)10-7-5-6-9(11)8-10/h5-8H,3-4,11H2,1-2H3,(H,12,13,14). The molecule has 0 heterocycles. The van der Waals surface area contributed by atoms with Crippen LogP contribution in [0.5, 0.6) is 0 Å². The summed E-state index contributed by atoms with van der Waals surface area (Å²) >= 11 is 0. The highest BCUT2D eigenvalue weighted by atomic mass is 32.2. The summed E-state index contributed by atoms with van der Waals surface area (Å²) in [6.45, 7) is 4.89. The van der Waals surface area contributed by atoms with Gasteiger partial charge >= 0.3 is 0 Å². The SMILES string of the molecule is CCN=S(=O)(NCC)c1cccc(N)c1. The van der Waals surface area contributed by atoms with Gasteiger partial charge in [-0.3, -0.25) is 0 Å². The molecule has 0 aliphatic rings. The van der Waals surface area contributed by atoms with Gasteiger partial charge < -0.3 is 5.73 Å². The molecule has 0 amide bonds. The smallest absolute Gasteiger partial charge is 0.137 e. The second-order valence-corrected chi connectivity index (χ2v) is 5.11. The summed E-state index contributed by atoms with van der Waals surface area (Å²) in [5.41, 5.74) is 6.25. The van der Waals surface area contributed by atoms with Gasteiger partial charge in [0.05, 0.1) is 4.90 Å². The van der Waals surface area contributed by atoms with Crippen LogP contribution in [0.4, 0.5) is 5.69 Å². The molecule has 1 aromatic rings. The van der Waals surface area contributed by atoms with Gasteiger partial charge in [-0.1, -0.05) is 13.0 Å². The zero-order valence-electron chi connectivity index (χ0n) is 9.06. The topological polar surface area (TPSA) is 67.5 Å². The minimum Gasteiger partial charge on any atom is -0.399 e. The van der Waals surface area contributed by atoms with E-state index in [2.05, 4.69) is 9.08 Å². The van der Waals surface area contributed by atoms with E-state index in [1.54, 1.807) is 24.3 Å². The molecule has 0 radical (unpaired) electrons. The van der Waals surface area contributed by atoms with Crippen LogP contribution >= 0.6 is 0 Å². The van der Waals surface area contributed by atoms with Crippen molar-refractivity contribution in [3.05, 3.63) is 24.3 Å². The highest BCUT2D eigenvalue weighted by molar-refractivity contribution is 7.91. The van der Waals surface area contributed by atoms with E-state index in [1.807, 2.05) is 13.8 Å². The minimum absolute atomic E-state index is 0.515. The number of nitrogens with two attached hydrogens (primary N) is 1. The average Bonchev–Trinajstić information content (AvgIpc) is 2.18. The van der Waals surface area contributed by atoms with Crippen molar-refractivity contribution in [1.29, 1.82) is 0 Å². The van der Waals surface area contributed by atoms with Crippen molar-refractivity contribution in [3.63, 3.8) is 0 Å². The molecule has 15 heavy (non-hydrogen) atoms. The van der Waals surface area contributed by atoms with Crippen LogP contribution in [0.25, 0.3) is 0 Å². The summed E-state index contributed by atoms with van der Waals surface area (Å²) in [5, 5.41) is 0. The number of hydrogen-bond donors (Lipinski definition) is 2. The molecule has 0 aromatic heterocycles. The average molecular weight is 227 g/mol. The third-order valence-electron chi connectivity index (χ3n) is 1.83. The van der Waals surface area contributed by atoms with Gasteiger partial charge in [-0.25, -0.2) is 13.3 Å². The molecule has 0 aliphatic heterocycles.